The van der Waals surface area contributed by atoms with Gasteiger partial charge >= 0.3 is 0 Å². The molecule has 3 aromatic rings. The highest BCUT2D eigenvalue weighted by Gasteiger charge is 2.27. The van der Waals surface area contributed by atoms with Crippen molar-refractivity contribution in [1.29, 1.82) is 0 Å². The van der Waals surface area contributed by atoms with Gasteiger partial charge in [-0.2, -0.15) is 4.98 Å². The number of aromatic nitrogens is 2. The number of pyridine rings is 1. The third-order valence-electron chi connectivity index (χ3n) is 4.48. The van der Waals surface area contributed by atoms with Crippen LogP contribution in [0.25, 0.3) is 11.1 Å². The molecule has 0 spiro atoms. The Bertz CT molecular complexity index is 822. The lowest BCUT2D eigenvalue weighted by atomic mass is 10.0. The van der Waals surface area contributed by atoms with E-state index in [2.05, 4.69) is 28.9 Å². The highest BCUT2D eigenvalue weighted by Crippen LogP contribution is 2.28. The summed E-state index contributed by atoms with van der Waals surface area (Å²) < 4.78 is 11.9. The van der Waals surface area contributed by atoms with E-state index < -0.39 is 0 Å². The van der Waals surface area contributed by atoms with Crippen LogP contribution in [0.2, 0.25) is 0 Å². The van der Waals surface area contributed by atoms with Crippen LogP contribution in [-0.2, 0) is 0 Å². The highest BCUT2D eigenvalue weighted by molar-refractivity contribution is 5.85. The Morgan fingerprint density at radius 3 is 3.04 bits per heavy atom. The Morgan fingerprint density at radius 1 is 1.28 bits per heavy atom. The van der Waals surface area contributed by atoms with Gasteiger partial charge in [0, 0.05) is 12.7 Å². The van der Waals surface area contributed by atoms with Crippen LogP contribution in [0.15, 0.2) is 47.1 Å². The first kappa shape index (κ1) is 17.5. The maximum Gasteiger partial charge on any atom is 0.298 e. The van der Waals surface area contributed by atoms with Gasteiger partial charge in [-0.15, -0.1) is 12.4 Å². The van der Waals surface area contributed by atoms with Gasteiger partial charge < -0.3 is 14.1 Å². The molecule has 1 aromatic carbocycles. The first-order chi connectivity index (χ1) is 11.8. The summed E-state index contributed by atoms with van der Waals surface area (Å²) in [6.07, 6.45) is 6.94. The molecule has 132 valence electrons. The SMILES string of the molecule is Cc1ccc2oc(N3CCCCC3COc3cccnc3)nc2c1.Cl. The number of nitrogens with zero attached hydrogens (tertiary/aromatic N) is 3. The number of aryl methyl sites for hydroxylation is 1. The molecule has 1 unspecified atom stereocenters. The van der Waals surface area contributed by atoms with Crippen LogP contribution in [0.4, 0.5) is 6.01 Å². The van der Waals surface area contributed by atoms with E-state index in [-0.39, 0.29) is 18.4 Å². The molecular weight excluding hydrogens is 338 g/mol. The second-order valence-corrected chi connectivity index (χ2v) is 6.31. The van der Waals surface area contributed by atoms with E-state index in [4.69, 9.17) is 14.1 Å². The van der Waals surface area contributed by atoms with Crippen molar-refractivity contribution in [2.45, 2.75) is 32.2 Å². The molecule has 4 rings (SSSR count). The molecule has 1 saturated heterocycles. The second-order valence-electron chi connectivity index (χ2n) is 6.31. The van der Waals surface area contributed by atoms with E-state index in [1.807, 2.05) is 18.2 Å². The Labute approximate surface area is 153 Å². The van der Waals surface area contributed by atoms with Gasteiger partial charge in [0.05, 0.1) is 12.2 Å². The summed E-state index contributed by atoms with van der Waals surface area (Å²) in [4.78, 5) is 11.0. The summed E-state index contributed by atoms with van der Waals surface area (Å²) in [7, 11) is 0. The van der Waals surface area contributed by atoms with Gasteiger partial charge in [-0.05, 0) is 56.0 Å². The van der Waals surface area contributed by atoms with Crippen molar-refractivity contribution in [3.63, 3.8) is 0 Å². The zero-order valence-electron chi connectivity index (χ0n) is 14.2. The van der Waals surface area contributed by atoms with Crippen molar-refractivity contribution in [3.8, 4) is 5.75 Å². The summed E-state index contributed by atoms with van der Waals surface area (Å²) >= 11 is 0. The van der Waals surface area contributed by atoms with Crippen molar-refractivity contribution < 1.29 is 9.15 Å². The highest BCUT2D eigenvalue weighted by atomic mass is 35.5. The predicted octanol–water partition coefficient (Wildman–Crippen LogP) is 4.39. The molecule has 1 fully saturated rings. The molecule has 1 atom stereocenters. The van der Waals surface area contributed by atoms with Crippen LogP contribution in [-0.4, -0.2) is 29.2 Å². The van der Waals surface area contributed by atoms with Crippen molar-refractivity contribution >= 4 is 29.5 Å². The zero-order valence-corrected chi connectivity index (χ0v) is 15.0. The van der Waals surface area contributed by atoms with Crippen molar-refractivity contribution in [1.82, 2.24) is 9.97 Å². The molecule has 1 aliphatic heterocycles. The minimum Gasteiger partial charge on any atom is -0.490 e. The topological polar surface area (TPSA) is 51.4 Å². The summed E-state index contributed by atoms with van der Waals surface area (Å²) in [6, 6.07) is 10.9. The van der Waals surface area contributed by atoms with Gasteiger partial charge in [-0.1, -0.05) is 6.07 Å². The third kappa shape index (κ3) is 3.87. The number of hydrogen-bond acceptors (Lipinski definition) is 5. The van der Waals surface area contributed by atoms with Gasteiger partial charge in [0.1, 0.15) is 17.9 Å². The van der Waals surface area contributed by atoms with E-state index in [9.17, 15) is 0 Å². The van der Waals surface area contributed by atoms with E-state index >= 15 is 0 Å². The number of rotatable bonds is 4. The lowest BCUT2D eigenvalue weighted by molar-refractivity contribution is 0.254. The van der Waals surface area contributed by atoms with E-state index in [1.165, 1.54) is 12.0 Å². The van der Waals surface area contributed by atoms with Crippen LogP contribution >= 0.6 is 12.4 Å². The summed E-state index contributed by atoms with van der Waals surface area (Å²) in [5.74, 6) is 0.802. The average Bonchev–Trinajstić information content (AvgIpc) is 3.04. The van der Waals surface area contributed by atoms with Crippen LogP contribution in [0.5, 0.6) is 5.75 Å². The molecule has 5 nitrogen and oxygen atoms in total. The maximum atomic E-state index is 5.99. The molecule has 0 aliphatic carbocycles. The van der Waals surface area contributed by atoms with Gasteiger partial charge in [-0.25, -0.2) is 0 Å². The van der Waals surface area contributed by atoms with Crippen LogP contribution in [0.1, 0.15) is 24.8 Å². The van der Waals surface area contributed by atoms with Crippen LogP contribution in [0.3, 0.4) is 0 Å². The molecule has 0 saturated carbocycles. The third-order valence-corrected chi connectivity index (χ3v) is 4.48. The number of fused-ring (bicyclic) bond motifs is 1. The summed E-state index contributed by atoms with van der Waals surface area (Å²) in [5, 5.41) is 0. The lowest BCUT2D eigenvalue weighted by Crippen LogP contribution is -2.43. The average molecular weight is 360 g/mol. The molecule has 0 radical (unpaired) electrons. The normalized spacial score (nSPS) is 17.3. The number of halogens is 1. The van der Waals surface area contributed by atoms with E-state index in [0.717, 1.165) is 36.2 Å². The molecule has 25 heavy (non-hydrogen) atoms. The first-order valence-electron chi connectivity index (χ1n) is 8.46. The molecule has 3 heterocycles. The number of anilines is 1. The fourth-order valence-electron chi connectivity index (χ4n) is 3.20. The maximum absolute atomic E-state index is 5.99. The van der Waals surface area contributed by atoms with Crippen molar-refractivity contribution in [2.75, 3.05) is 18.1 Å². The zero-order chi connectivity index (χ0) is 16.4. The second kappa shape index (κ2) is 7.74. The van der Waals surface area contributed by atoms with E-state index in [0.29, 0.717) is 12.6 Å². The molecule has 0 N–H and O–H groups in total. The fourth-order valence-corrected chi connectivity index (χ4v) is 3.20. The number of oxazole rings is 1. The van der Waals surface area contributed by atoms with Gasteiger partial charge in [0.25, 0.3) is 6.01 Å². The first-order valence-corrected chi connectivity index (χ1v) is 8.46. The quantitative estimate of drug-likeness (QED) is 0.691. The fraction of sp³-hybridized carbons (Fsp3) is 0.368. The minimum atomic E-state index is 0. The smallest absolute Gasteiger partial charge is 0.298 e. The largest absolute Gasteiger partial charge is 0.490 e. The summed E-state index contributed by atoms with van der Waals surface area (Å²) in [5.41, 5.74) is 2.95. The lowest BCUT2D eigenvalue weighted by Gasteiger charge is -2.34. The molecule has 6 heteroatoms. The number of ether oxygens (including phenoxy) is 1. The minimum absolute atomic E-state index is 0. The predicted molar refractivity (Wildman–Crippen MR) is 101 cm³/mol. The number of hydrogen-bond donors (Lipinski definition) is 0. The summed E-state index contributed by atoms with van der Waals surface area (Å²) in [6.45, 7) is 3.63. The standard InChI is InChI=1S/C19H21N3O2.ClH/c1-14-7-8-18-17(11-14)21-19(24-18)22-10-3-2-5-15(22)13-23-16-6-4-9-20-12-16;/h4,6-9,11-12,15H,2-3,5,10,13H2,1H3;1H. The van der Waals surface area contributed by atoms with E-state index in [1.54, 1.807) is 12.4 Å². The van der Waals surface area contributed by atoms with Gasteiger partial charge in [0.2, 0.25) is 0 Å². The van der Waals surface area contributed by atoms with Gasteiger partial charge in [-0.3, -0.25) is 4.98 Å². The monoisotopic (exact) mass is 359 g/mol. The van der Waals surface area contributed by atoms with Gasteiger partial charge in [0.15, 0.2) is 5.58 Å². The van der Waals surface area contributed by atoms with Crippen LogP contribution in [0, 0.1) is 6.92 Å². The van der Waals surface area contributed by atoms with Crippen LogP contribution < -0.4 is 9.64 Å². The van der Waals surface area contributed by atoms with Crippen molar-refractivity contribution in [2.24, 2.45) is 0 Å². The molecule has 1 aliphatic rings. The number of piperidine rings is 1. The Balaban J connectivity index is 0.00000182. The molecule has 0 amide bonds. The molecule has 2 aromatic heterocycles. The Hall–Kier alpha value is -2.27. The van der Waals surface area contributed by atoms with Crippen molar-refractivity contribution in [3.05, 3.63) is 48.3 Å². The molecule has 0 bridgehead atoms. The Morgan fingerprint density at radius 2 is 2.20 bits per heavy atom. The molecular formula is C19H22ClN3O2. The number of benzene rings is 1. The Kier molecular flexibility index (Phi) is 5.43.